The molecule has 0 saturated carbocycles. The van der Waals surface area contributed by atoms with Gasteiger partial charge in [-0.25, -0.2) is 9.18 Å². The Morgan fingerprint density at radius 1 is 1.07 bits per heavy atom. The van der Waals surface area contributed by atoms with E-state index in [0.29, 0.717) is 4.47 Å². The van der Waals surface area contributed by atoms with Crippen LogP contribution in [0.1, 0.15) is 10.4 Å². The average Bonchev–Trinajstić information content (AvgIpc) is 2.68. The number of hydrogen-bond acceptors (Lipinski definition) is 5. The molecule has 2 aromatic rings. The Hall–Kier alpha value is -3.21. The second kappa shape index (κ2) is 10.0. The molecule has 0 aromatic heterocycles. The molecule has 0 unspecified atom stereocenters. The van der Waals surface area contributed by atoms with Crippen molar-refractivity contribution in [1.29, 1.82) is 0 Å². The molecule has 158 valence electrons. The van der Waals surface area contributed by atoms with Crippen molar-refractivity contribution in [1.82, 2.24) is 0 Å². The standard InChI is InChI=1S/C19H13BrF4N2O4/c20-11-5-6-15(13(21)9-11)26-17(28)10-30-18(29)12-3-1-2-4-14(12)25-8-7-16(27)19(22,23)24/h1-9,25H,10H2,(H,26,28). The molecule has 0 aliphatic rings. The maximum atomic E-state index is 13.7. The molecule has 6 nitrogen and oxygen atoms in total. The minimum absolute atomic E-state index is 0.0492. The van der Waals surface area contributed by atoms with E-state index in [-0.39, 0.29) is 23.0 Å². The summed E-state index contributed by atoms with van der Waals surface area (Å²) in [6.07, 6.45) is -4.02. The number of para-hydroxylation sites is 1. The van der Waals surface area contributed by atoms with Crippen LogP contribution in [0.5, 0.6) is 0 Å². The van der Waals surface area contributed by atoms with Crippen LogP contribution < -0.4 is 10.6 Å². The highest BCUT2D eigenvalue weighted by molar-refractivity contribution is 9.10. The topological polar surface area (TPSA) is 84.5 Å². The second-order valence-electron chi connectivity index (χ2n) is 5.63. The average molecular weight is 489 g/mol. The first-order valence-corrected chi connectivity index (χ1v) is 8.92. The van der Waals surface area contributed by atoms with Crippen LogP contribution in [0.15, 0.2) is 59.2 Å². The van der Waals surface area contributed by atoms with E-state index in [1.54, 1.807) is 0 Å². The number of ether oxygens (including phenoxy) is 1. The lowest BCUT2D eigenvalue weighted by molar-refractivity contribution is -0.165. The van der Waals surface area contributed by atoms with Crippen molar-refractivity contribution >= 4 is 45.0 Å². The van der Waals surface area contributed by atoms with Crippen LogP contribution in [-0.2, 0) is 14.3 Å². The molecule has 0 aliphatic heterocycles. The molecule has 1 amide bonds. The molecular formula is C19H13BrF4N2O4. The van der Waals surface area contributed by atoms with Gasteiger partial charge in [0.25, 0.3) is 11.7 Å². The summed E-state index contributed by atoms with van der Waals surface area (Å²) in [5, 5.41) is 4.62. The van der Waals surface area contributed by atoms with Gasteiger partial charge in [0, 0.05) is 16.7 Å². The lowest BCUT2D eigenvalue weighted by Crippen LogP contribution is -2.22. The van der Waals surface area contributed by atoms with Gasteiger partial charge >= 0.3 is 12.1 Å². The van der Waals surface area contributed by atoms with Crippen molar-refractivity contribution in [3.8, 4) is 0 Å². The van der Waals surface area contributed by atoms with Gasteiger partial charge in [-0.05, 0) is 30.3 Å². The molecule has 2 N–H and O–H groups in total. The molecule has 0 atom stereocenters. The Morgan fingerprint density at radius 2 is 1.77 bits per heavy atom. The fourth-order valence-corrected chi connectivity index (χ4v) is 2.41. The number of esters is 1. The Kier molecular flexibility index (Phi) is 7.70. The number of carbonyl (C=O) groups excluding carboxylic acids is 3. The van der Waals surface area contributed by atoms with E-state index in [0.717, 1.165) is 12.3 Å². The molecular weight excluding hydrogens is 476 g/mol. The smallest absolute Gasteiger partial charge is 0.452 e. The fourth-order valence-electron chi connectivity index (χ4n) is 2.07. The van der Waals surface area contributed by atoms with Crippen LogP contribution in [-0.4, -0.2) is 30.4 Å². The Labute approximate surface area is 176 Å². The molecule has 2 rings (SSSR count). The molecule has 0 spiro atoms. The number of anilines is 2. The molecule has 0 radical (unpaired) electrons. The number of hydrogen-bond donors (Lipinski definition) is 2. The highest BCUT2D eigenvalue weighted by Gasteiger charge is 2.36. The van der Waals surface area contributed by atoms with E-state index in [4.69, 9.17) is 4.74 Å². The molecule has 0 fully saturated rings. The normalized spacial score (nSPS) is 11.2. The molecule has 0 bridgehead atoms. The predicted molar refractivity (Wildman–Crippen MR) is 103 cm³/mol. The van der Waals surface area contributed by atoms with Crippen molar-refractivity contribution in [3.05, 3.63) is 70.6 Å². The molecule has 2 aromatic carbocycles. The zero-order valence-corrected chi connectivity index (χ0v) is 16.5. The number of rotatable bonds is 7. The summed E-state index contributed by atoms with van der Waals surface area (Å²) in [6, 6.07) is 9.56. The number of carbonyl (C=O) groups is 3. The molecule has 0 aliphatic carbocycles. The number of benzene rings is 2. The van der Waals surface area contributed by atoms with Crippen LogP contribution in [0.3, 0.4) is 0 Å². The third-order valence-corrected chi connectivity index (χ3v) is 3.93. The zero-order chi connectivity index (χ0) is 22.3. The molecule has 0 saturated heterocycles. The van der Waals surface area contributed by atoms with E-state index in [9.17, 15) is 31.9 Å². The third-order valence-electron chi connectivity index (χ3n) is 3.44. The van der Waals surface area contributed by atoms with E-state index in [2.05, 4.69) is 26.6 Å². The summed E-state index contributed by atoms with van der Waals surface area (Å²) in [4.78, 5) is 34.9. The van der Waals surface area contributed by atoms with Gasteiger partial charge in [0.1, 0.15) is 5.82 Å². The lowest BCUT2D eigenvalue weighted by atomic mass is 10.2. The van der Waals surface area contributed by atoms with Crippen molar-refractivity contribution in [3.63, 3.8) is 0 Å². The van der Waals surface area contributed by atoms with Gasteiger partial charge in [-0.1, -0.05) is 28.1 Å². The van der Waals surface area contributed by atoms with Crippen LogP contribution in [0, 0.1) is 5.82 Å². The first-order valence-electron chi connectivity index (χ1n) is 8.13. The maximum absolute atomic E-state index is 13.7. The molecule has 11 heteroatoms. The summed E-state index contributed by atoms with van der Waals surface area (Å²) in [7, 11) is 0. The van der Waals surface area contributed by atoms with Gasteiger partial charge in [-0.15, -0.1) is 0 Å². The number of halogens is 5. The quantitative estimate of drug-likeness (QED) is 0.342. The lowest BCUT2D eigenvalue weighted by Gasteiger charge is -2.10. The Bertz CT molecular complexity index is 993. The zero-order valence-electron chi connectivity index (χ0n) is 14.9. The van der Waals surface area contributed by atoms with Crippen LogP contribution in [0.4, 0.5) is 28.9 Å². The summed E-state index contributed by atoms with van der Waals surface area (Å²) >= 11 is 3.07. The number of amides is 1. The highest BCUT2D eigenvalue weighted by Crippen LogP contribution is 2.20. The van der Waals surface area contributed by atoms with Gasteiger partial charge in [0.2, 0.25) is 0 Å². The summed E-state index contributed by atoms with van der Waals surface area (Å²) in [6.45, 7) is -0.731. The van der Waals surface area contributed by atoms with Crippen molar-refractivity contribution < 1.29 is 36.7 Å². The van der Waals surface area contributed by atoms with Crippen molar-refractivity contribution in [2.45, 2.75) is 6.18 Å². The second-order valence-corrected chi connectivity index (χ2v) is 6.55. The van der Waals surface area contributed by atoms with Gasteiger partial charge in [-0.2, -0.15) is 13.2 Å². The summed E-state index contributed by atoms with van der Waals surface area (Å²) in [5.74, 6) is -4.53. The van der Waals surface area contributed by atoms with Gasteiger partial charge in [0.05, 0.1) is 16.9 Å². The predicted octanol–water partition coefficient (Wildman–Crippen LogP) is 4.44. The Morgan fingerprint density at radius 3 is 2.43 bits per heavy atom. The number of ketones is 1. The fraction of sp³-hybridized carbons (Fsp3) is 0.105. The van der Waals surface area contributed by atoms with E-state index >= 15 is 0 Å². The highest BCUT2D eigenvalue weighted by atomic mass is 79.9. The summed E-state index contributed by atoms with van der Waals surface area (Å²) in [5.41, 5.74) is -0.155. The largest absolute Gasteiger partial charge is 0.454 e. The SMILES string of the molecule is O=C(COC(=O)c1ccccc1NC=CC(=O)C(F)(F)F)Nc1ccc(Br)cc1F. The minimum Gasteiger partial charge on any atom is -0.452 e. The van der Waals surface area contributed by atoms with Crippen LogP contribution in [0.25, 0.3) is 0 Å². The van der Waals surface area contributed by atoms with E-state index in [1.807, 2.05) is 0 Å². The Balaban J connectivity index is 1.98. The third kappa shape index (κ3) is 6.69. The number of alkyl halides is 3. The number of nitrogens with one attached hydrogen (secondary N) is 2. The minimum atomic E-state index is -5.02. The maximum Gasteiger partial charge on any atom is 0.454 e. The van der Waals surface area contributed by atoms with Crippen molar-refractivity contribution in [2.75, 3.05) is 17.2 Å². The van der Waals surface area contributed by atoms with E-state index < -0.39 is 36.3 Å². The van der Waals surface area contributed by atoms with Crippen LogP contribution >= 0.6 is 15.9 Å². The molecule has 30 heavy (non-hydrogen) atoms. The first kappa shape index (κ1) is 23.1. The van der Waals surface area contributed by atoms with E-state index in [1.165, 1.54) is 36.4 Å². The van der Waals surface area contributed by atoms with Crippen LogP contribution in [0.2, 0.25) is 0 Å². The van der Waals surface area contributed by atoms with Crippen molar-refractivity contribution in [2.24, 2.45) is 0 Å². The van der Waals surface area contributed by atoms with Gasteiger partial charge < -0.3 is 15.4 Å². The monoisotopic (exact) mass is 488 g/mol. The summed E-state index contributed by atoms with van der Waals surface area (Å²) < 4.78 is 55.6. The van der Waals surface area contributed by atoms with Gasteiger partial charge in [-0.3, -0.25) is 9.59 Å². The van der Waals surface area contributed by atoms with Gasteiger partial charge in [0.15, 0.2) is 6.61 Å². The first-order chi connectivity index (χ1) is 14.1. The molecule has 0 heterocycles. The number of allylic oxidation sites excluding steroid dienone is 1.